The van der Waals surface area contributed by atoms with Crippen molar-refractivity contribution in [3.05, 3.63) is 53.6 Å². The molecule has 2 fully saturated rings. The maximum absolute atomic E-state index is 13.5. The number of piperidine rings is 2. The molecule has 2 atom stereocenters. The summed E-state index contributed by atoms with van der Waals surface area (Å²) in [6.07, 6.45) is 4.93. The maximum Gasteiger partial charge on any atom is 0.226 e. The van der Waals surface area contributed by atoms with Crippen molar-refractivity contribution in [2.24, 2.45) is 5.92 Å². The van der Waals surface area contributed by atoms with Crippen LogP contribution in [0.4, 0.5) is 0 Å². The van der Waals surface area contributed by atoms with Crippen LogP contribution in [0.5, 0.6) is 0 Å². The van der Waals surface area contributed by atoms with Crippen molar-refractivity contribution in [2.75, 3.05) is 39.0 Å². The van der Waals surface area contributed by atoms with Gasteiger partial charge in [-0.05, 0) is 85.1 Å². The summed E-state index contributed by atoms with van der Waals surface area (Å²) in [5.41, 5.74) is 4.45. The normalized spacial score (nSPS) is 23.5. The molecule has 176 valence electrons. The molecular weight excluding hydrogens is 436 g/mol. The summed E-state index contributed by atoms with van der Waals surface area (Å²) in [7, 11) is -3.27. The number of carbonyl (C=O) groups excluding carboxylic acids is 1. The molecule has 1 amide bonds. The Hall–Kier alpha value is -2.22. The van der Waals surface area contributed by atoms with Gasteiger partial charge in [-0.15, -0.1) is 0 Å². The number of hydrogen-bond acceptors (Lipinski definition) is 5. The predicted octanol–water partition coefficient (Wildman–Crippen LogP) is 3.22. The van der Waals surface area contributed by atoms with Gasteiger partial charge in [-0.3, -0.25) is 4.79 Å². The molecule has 2 heterocycles. The number of aliphatic hydroxyl groups excluding tert-OH is 1. The second-order valence-corrected chi connectivity index (χ2v) is 11.8. The van der Waals surface area contributed by atoms with Gasteiger partial charge in [0.2, 0.25) is 5.91 Å². The van der Waals surface area contributed by atoms with Crippen LogP contribution in [0.2, 0.25) is 0 Å². The molecule has 33 heavy (non-hydrogen) atoms. The van der Waals surface area contributed by atoms with E-state index in [9.17, 15) is 18.3 Å². The number of rotatable bonds is 5. The van der Waals surface area contributed by atoms with E-state index in [0.717, 1.165) is 56.4 Å². The molecule has 2 aliphatic heterocycles. The van der Waals surface area contributed by atoms with Gasteiger partial charge in [-0.2, -0.15) is 0 Å². The third-order valence-corrected chi connectivity index (χ3v) is 8.83. The lowest BCUT2D eigenvalue weighted by Crippen LogP contribution is -2.45. The Kier molecular flexibility index (Phi) is 6.05. The lowest BCUT2D eigenvalue weighted by atomic mass is 9.91. The Morgan fingerprint density at radius 1 is 1.00 bits per heavy atom. The summed E-state index contributed by atoms with van der Waals surface area (Å²) in [5, 5.41) is 9.17. The summed E-state index contributed by atoms with van der Waals surface area (Å²) >= 11 is 0. The van der Waals surface area contributed by atoms with Gasteiger partial charge in [0.1, 0.15) is 0 Å². The van der Waals surface area contributed by atoms with Crippen LogP contribution in [0.1, 0.15) is 48.8 Å². The quantitative estimate of drug-likeness (QED) is 0.729. The van der Waals surface area contributed by atoms with Crippen LogP contribution < -0.4 is 0 Å². The van der Waals surface area contributed by atoms with Crippen LogP contribution in [0, 0.1) is 5.92 Å². The highest BCUT2D eigenvalue weighted by Crippen LogP contribution is 2.50. The molecule has 2 aromatic carbocycles. The highest BCUT2D eigenvalue weighted by molar-refractivity contribution is 7.90. The van der Waals surface area contributed by atoms with E-state index in [1.165, 1.54) is 17.4 Å². The number of aliphatic hydroxyl groups is 1. The van der Waals surface area contributed by atoms with Crippen molar-refractivity contribution < 1.29 is 18.3 Å². The van der Waals surface area contributed by atoms with E-state index in [0.29, 0.717) is 17.4 Å². The number of β-amino-alcohol motifs (C(OH)–C–C–N with tert-alkyl or cyclic N) is 1. The lowest BCUT2D eigenvalue weighted by molar-refractivity contribution is -0.140. The molecule has 7 heteroatoms. The molecule has 3 aliphatic rings. The number of carbonyl (C=O) groups is 1. The standard InChI is InChI=1S/C26H32N2O4S/c1-33(31,32)22-4-2-3-19(15-22)20-5-6-23-21-9-12-28(25(17-21)24(23)16-20)26(30)18-7-10-27(11-8-18)13-14-29/h2-6,15-16,18,21,25,29H,7-14,17H2,1H3/t21?,25-/m0/s1. The SMILES string of the molecule is CS(=O)(=O)c1cccc(-c2ccc3c(c2)[C@@H]2CC3CCN2C(=O)C2CCN(CCO)CC2)c1. The van der Waals surface area contributed by atoms with E-state index in [2.05, 4.69) is 28.0 Å². The van der Waals surface area contributed by atoms with Gasteiger partial charge in [0.05, 0.1) is 17.5 Å². The molecule has 5 rings (SSSR count). The molecule has 1 aliphatic carbocycles. The average Bonchev–Trinajstić information content (AvgIpc) is 3.10. The van der Waals surface area contributed by atoms with Gasteiger partial charge in [-0.25, -0.2) is 8.42 Å². The minimum absolute atomic E-state index is 0.0650. The van der Waals surface area contributed by atoms with Crippen LogP contribution in [0.25, 0.3) is 11.1 Å². The minimum Gasteiger partial charge on any atom is -0.395 e. The smallest absolute Gasteiger partial charge is 0.226 e. The third kappa shape index (κ3) is 4.34. The first-order valence-electron chi connectivity index (χ1n) is 11.9. The fourth-order valence-corrected chi connectivity index (χ4v) is 6.57. The molecule has 0 radical (unpaired) electrons. The van der Waals surface area contributed by atoms with Crippen LogP contribution >= 0.6 is 0 Å². The number of amides is 1. The summed E-state index contributed by atoms with van der Waals surface area (Å²) < 4.78 is 24.0. The van der Waals surface area contributed by atoms with Crippen LogP contribution in [0.3, 0.4) is 0 Å². The van der Waals surface area contributed by atoms with Gasteiger partial charge in [0.15, 0.2) is 9.84 Å². The predicted molar refractivity (Wildman–Crippen MR) is 128 cm³/mol. The number of hydrogen-bond donors (Lipinski definition) is 1. The van der Waals surface area contributed by atoms with E-state index in [4.69, 9.17) is 0 Å². The molecule has 0 saturated carbocycles. The van der Waals surface area contributed by atoms with Crippen molar-refractivity contribution in [3.8, 4) is 11.1 Å². The van der Waals surface area contributed by atoms with Gasteiger partial charge < -0.3 is 14.9 Å². The number of likely N-dealkylation sites (tertiary alicyclic amines) is 2. The average molecular weight is 469 g/mol. The zero-order chi connectivity index (χ0) is 23.2. The monoisotopic (exact) mass is 468 g/mol. The van der Waals surface area contributed by atoms with Crippen molar-refractivity contribution >= 4 is 15.7 Å². The highest BCUT2D eigenvalue weighted by Gasteiger charge is 2.42. The fraction of sp³-hybridized carbons (Fsp3) is 0.500. The Morgan fingerprint density at radius 2 is 1.76 bits per heavy atom. The Morgan fingerprint density at radius 3 is 2.48 bits per heavy atom. The molecule has 1 N–H and O–H groups in total. The number of sulfone groups is 1. The summed E-state index contributed by atoms with van der Waals surface area (Å²) in [4.78, 5) is 18.2. The fourth-order valence-electron chi connectivity index (χ4n) is 5.91. The van der Waals surface area contributed by atoms with Crippen molar-refractivity contribution in [1.82, 2.24) is 9.80 Å². The van der Waals surface area contributed by atoms with Gasteiger partial charge in [0, 0.05) is 25.3 Å². The minimum atomic E-state index is -3.27. The van der Waals surface area contributed by atoms with Gasteiger partial charge in [-0.1, -0.05) is 24.3 Å². The van der Waals surface area contributed by atoms with Crippen molar-refractivity contribution in [1.29, 1.82) is 0 Å². The number of fused-ring (bicyclic) bond motifs is 5. The lowest BCUT2D eigenvalue weighted by Gasteiger charge is -2.38. The maximum atomic E-state index is 13.5. The summed E-state index contributed by atoms with van der Waals surface area (Å²) in [6, 6.07) is 13.7. The topological polar surface area (TPSA) is 77.9 Å². The molecule has 0 spiro atoms. The van der Waals surface area contributed by atoms with Crippen molar-refractivity contribution in [2.45, 2.75) is 42.5 Å². The first-order valence-corrected chi connectivity index (χ1v) is 13.8. The summed E-state index contributed by atoms with van der Waals surface area (Å²) in [5.74, 6) is 0.839. The first kappa shape index (κ1) is 22.6. The zero-order valence-electron chi connectivity index (χ0n) is 19.1. The third-order valence-electron chi connectivity index (χ3n) is 7.72. The zero-order valence-corrected chi connectivity index (χ0v) is 19.9. The molecule has 2 bridgehead atoms. The van der Waals surface area contributed by atoms with Crippen LogP contribution in [-0.4, -0.2) is 68.3 Å². The van der Waals surface area contributed by atoms with E-state index in [1.807, 2.05) is 6.07 Å². The van der Waals surface area contributed by atoms with E-state index in [-0.39, 0.29) is 24.5 Å². The van der Waals surface area contributed by atoms with Gasteiger partial charge >= 0.3 is 0 Å². The van der Waals surface area contributed by atoms with E-state index >= 15 is 0 Å². The molecular formula is C26H32N2O4S. The molecule has 2 saturated heterocycles. The second-order valence-electron chi connectivity index (χ2n) is 9.75. The van der Waals surface area contributed by atoms with E-state index in [1.54, 1.807) is 18.2 Å². The first-order chi connectivity index (χ1) is 15.8. The number of benzene rings is 2. The second kappa shape index (κ2) is 8.85. The molecule has 0 aromatic heterocycles. The Labute approximate surface area is 196 Å². The molecule has 1 unspecified atom stereocenters. The molecule has 2 aromatic rings. The van der Waals surface area contributed by atoms with Crippen LogP contribution in [0.15, 0.2) is 47.4 Å². The Bertz CT molecular complexity index is 1150. The number of nitrogens with zero attached hydrogens (tertiary/aromatic N) is 2. The molecule has 6 nitrogen and oxygen atoms in total. The van der Waals surface area contributed by atoms with Gasteiger partial charge in [0.25, 0.3) is 0 Å². The largest absolute Gasteiger partial charge is 0.395 e. The Balaban J connectivity index is 1.39. The van der Waals surface area contributed by atoms with E-state index < -0.39 is 9.84 Å². The van der Waals surface area contributed by atoms with Crippen LogP contribution in [-0.2, 0) is 14.6 Å². The highest BCUT2D eigenvalue weighted by atomic mass is 32.2. The van der Waals surface area contributed by atoms with Crippen molar-refractivity contribution in [3.63, 3.8) is 0 Å². The summed E-state index contributed by atoms with van der Waals surface area (Å²) in [6.45, 7) is 3.40.